The quantitative estimate of drug-likeness (QED) is 0.638. The summed E-state index contributed by atoms with van der Waals surface area (Å²) in [5.74, 6) is 1.50. The van der Waals surface area contributed by atoms with Gasteiger partial charge in [0.1, 0.15) is 17.5 Å². The molecular weight excluding hydrogens is 425 g/mol. The van der Waals surface area contributed by atoms with Crippen LogP contribution in [0.15, 0.2) is 12.4 Å². The first-order chi connectivity index (χ1) is 15.0. The fraction of sp³-hybridized carbons (Fsp3) is 0.550. The zero-order valence-corrected chi connectivity index (χ0v) is 18.2. The van der Waals surface area contributed by atoms with Crippen LogP contribution in [0.5, 0.6) is 0 Å². The van der Waals surface area contributed by atoms with E-state index in [1.165, 1.54) is 0 Å². The van der Waals surface area contributed by atoms with Gasteiger partial charge in [-0.05, 0) is 25.7 Å². The van der Waals surface area contributed by atoms with E-state index in [-0.39, 0.29) is 30.0 Å². The molecule has 1 amide bonds. The molecule has 0 bridgehead atoms. The Morgan fingerprint density at radius 1 is 1.12 bits per heavy atom. The van der Waals surface area contributed by atoms with Crippen LogP contribution in [0.4, 0.5) is 36.4 Å². The van der Waals surface area contributed by atoms with E-state index in [0.29, 0.717) is 29.0 Å². The number of halogens is 3. The van der Waals surface area contributed by atoms with E-state index in [9.17, 15) is 18.0 Å². The van der Waals surface area contributed by atoms with Crippen LogP contribution < -0.4 is 20.9 Å². The summed E-state index contributed by atoms with van der Waals surface area (Å²) in [5, 5.41) is 9.31. The zero-order chi connectivity index (χ0) is 23.2. The predicted molar refractivity (Wildman–Crippen MR) is 114 cm³/mol. The maximum Gasteiger partial charge on any atom is 0.434 e. The molecule has 1 fully saturated rings. The number of amides is 1. The summed E-state index contributed by atoms with van der Waals surface area (Å²) >= 11 is 0. The van der Waals surface area contributed by atoms with Crippen LogP contribution in [0.2, 0.25) is 0 Å². The standard InChI is InChI=1S/C20H25F3N8O/c1-9(2)16-18(32)29-15-10(3)26-19(30-17(15)31(16)4)28-12-5-11(6-12)27-14-8-24-13(7-25-14)20(21,22)23/h7-9,11-12,16H,5-6H2,1-4H3,(H,25,27)(H,29,32)(H,26,28,30). The molecule has 1 aliphatic carbocycles. The number of aryl methyl sites for hydroxylation is 1. The molecular formula is C20H25F3N8O. The van der Waals surface area contributed by atoms with Crippen molar-refractivity contribution in [2.75, 3.05) is 27.9 Å². The Morgan fingerprint density at radius 2 is 1.81 bits per heavy atom. The van der Waals surface area contributed by atoms with Crippen LogP contribution in [0.25, 0.3) is 0 Å². The molecule has 32 heavy (non-hydrogen) atoms. The first-order valence-electron chi connectivity index (χ1n) is 10.4. The van der Waals surface area contributed by atoms with Crippen molar-refractivity contribution < 1.29 is 18.0 Å². The van der Waals surface area contributed by atoms with Gasteiger partial charge >= 0.3 is 6.18 Å². The number of fused-ring (bicyclic) bond motifs is 1. The van der Waals surface area contributed by atoms with E-state index in [2.05, 4.69) is 35.9 Å². The highest BCUT2D eigenvalue weighted by molar-refractivity contribution is 6.03. The number of alkyl halides is 3. The van der Waals surface area contributed by atoms with Gasteiger partial charge in [-0.15, -0.1) is 0 Å². The second-order valence-corrected chi connectivity index (χ2v) is 8.56. The smallest absolute Gasteiger partial charge is 0.366 e. The number of hydrogen-bond donors (Lipinski definition) is 3. The van der Waals surface area contributed by atoms with Crippen molar-refractivity contribution in [2.24, 2.45) is 5.92 Å². The molecule has 3 heterocycles. The Bertz CT molecular complexity index is 1010. The summed E-state index contributed by atoms with van der Waals surface area (Å²) in [4.78, 5) is 30.6. The molecule has 9 nitrogen and oxygen atoms in total. The lowest BCUT2D eigenvalue weighted by atomic mass is 9.87. The van der Waals surface area contributed by atoms with E-state index in [1.807, 2.05) is 32.7 Å². The maximum absolute atomic E-state index is 12.6. The lowest BCUT2D eigenvalue weighted by Crippen LogP contribution is -2.50. The Labute approximate surface area is 183 Å². The highest BCUT2D eigenvalue weighted by Gasteiger charge is 2.36. The number of anilines is 4. The van der Waals surface area contributed by atoms with Crippen LogP contribution in [-0.2, 0) is 11.0 Å². The first kappa shape index (κ1) is 22.0. The number of likely N-dealkylation sites (N-methyl/N-ethyl adjacent to an activating group) is 1. The summed E-state index contributed by atoms with van der Waals surface area (Å²) in [5.41, 5.74) is 0.278. The van der Waals surface area contributed by atoms with Crippen molar-refractivity contribution in [2.45, 2.75) is 57.9 Å². The Morgan fingerprint density at radius 3 is 2.41 bits per heavy atom. The van der Waals surface area contributed by atoms with Crippen molar-refractivity contribution in [3.8, 4) is 0 Å². The number of aromatic nitrogens is 4. The van der Waals surface area contributed by atoms with Gasteiger partial charge in [-0.25, -0.2) is 15.0 Å². The van der Waals surface area contributed by atoms with Gasteiger partial charge < -0.3 is 20.9 Å². The first-order valence-corrected chi connectivity index (χ1v) is 10.4. The van der Waals surface area contributed by atoms with Crippen molar-refractivity contribution in [3.63, 3.8) is 0 Å². The molecule has 0 saturated heterocycles. The molecule has 1 saturated carbocycles. The average Bonchev–Trinajstić information content (AvgIpc) is 2.67. The number of carbonyl (C=O) groups excluding carboxylic acids is 1. The Hall–Kier alpha value is -3.18. The molecule has 12 heteroatoms. The van der Waals surface area contributed by atoms with Gasteiger partial charge in [0, 0.05) is 19.1 Å². The molecule has 1 aliphatic heterocycles. The maximum atomic E-state index is 12.6. The Balaban J connectivity index is 1.37. The third-order valence-corrected chi connectivity index (χ3v) is 5.74. The fourth-order valence-electron chi connectivity index (χ4n) is 4.07. The van der Waals surface area contributed by atoms with Crippen LogP contribution >= 0.6 is 0 Å². The van der Waals surface area contributed by atoms with Crippen LogP contribution in [0, 0.1) is 12.8 Å². The number of carbonyl (C=O) groups is 1. The number of nitrogens with one attached hydrogen (secondary N) is 3. The van der Waals surface area contributed by atoms with Gasteiger partial charge in [0.05, 0.1) is 18.1 Å². The normalized spacial score (nSPS) is 22.8. The van der Waals surface area contributed by atoms with Crippen LogP contribution in [0.1, 0.15) is 38.1 Å². The van der Waals surface area contributed by atoms with Crippen molar-refractivity contribution in [1.29, 1.82) is 0 Å². The second-order valence-electron chi connectivity index (χ2n) is 8.56. The largest absolute Gasteiger partial charge is 0.434 e. The number of rotatable bonds is 5. The van der Waals surface area contributed by atoms with Gasteiger partial charge in [-0.3, -0.25) is 4.79 Å². The molecule has 2 aromatic rings. The highest BCUT2D eigenvalue weighted by Crippen LogP contribution is 2.35. The van der Waals surface area contributed by atoms with Gasteiger partial charge in [-0.2, -0.15) is 18.2 Å². The molecule has 0 radical (unpaired) electrons. The van der Waals surface area contributed by atoms with Crippen LogP contribution in [0.3, 0.4) is 0 Å². The third kappa shape index (κ3) is 4.26. The molecule has 0 spiro atoms. The lowest BCUT2D eigenvalue weighted by Gasteiger charge is -2.38. The fourth-order valence-corrected chi connectivity index (χ4v) is 4.07. The SMILES string of the molecule is Cc1nc(NC2CC(Nc3cnc(C(F)(F)F)cn3)C2)nc2c1NC(=O)C(C(C)C)N2C. The van der Waals surface area contributed by atoms with E-state index in [4.69, 9.17) is 0 Å². The zero-order valence-electron chi connectivity index (χ0n) is 18.2. The van der Waals surface area contributed by atoms with E-state index < -0.39 is 11.9 Å². The van der Waals surface area contributed by atoms with Gasteiger partial charge in [0.2, 0.25) is 11.9 Å². The predicted octanol–water partition coefficient (Wildman–Crippen LogP) is 3.06. The molecule has 2 aliphatic rings. The summed E-state index contributed by atoms with van der Waals surface area (Å²) in [6.07, 6.45) is -1.24. The van der Waals surface area contributed by atoms with Gasteiger partial charge in [0.25, 0.3) is 0 Å². The van der Waals surface area contributed by atoms with Crippen molar-refractivity contribution in [1.82, 2.24) is 19.9 Å². The summed E-state index contributed by atoms with van der Waals surface area (Å²) in [6, 6.07) is -0.145. The topological polar surface area (TPSA) is 108 Å². The third-order valence-electron chi connectivity index (χ3n) is 5.74. The van der Waals surface area contributed by atoms with Crippen molar-refractivity contribution in [3.05, 3.63) is 23.8 Å². The van der Waals surface area contributed by atoms with E-state index >= 15 is 0 Å². The summed E-state index contributed by atoms with van der Waals surface area (Å²) in [6.45, 7) is 5.80. The number of hydrogen-bond acceptors (Lipinski definition) is 8. The molecule has 2 aromatic heterocycles. The minimum Gasteiger partial charge on any atom is -0.366 e. The van der Waals surface area contributed by atoms with Gasteiger partial charge in [0.15, 0.2) is 11.5 Å². The van der Waals surface area contributed by atoms with E-state index in [0.717, 1.165) is 25.2 Å². The second kappa shape index (κ2) is 8.06. The lowest BCUT2D eigenvalue weighted by molar-refractivity contribution is -0.141. The summed E-state index contributed by atoms with van der Waals surface area (Å²) < 4.78 is 37.8. The van der Waals surface area contributed by atoms with Crippen LogP contribution in [-0.4, -0.2) is 51.0 Å². The molecule has 3 N–H and O–H groups in total. The highest BCUT2D eigenvalue weighted by atomic mass is 19.4. The molecule has 172 valence electrons. The van der Waals surface area contributed by atoms with Gasteiger partial charge in [-0.1, -0.05) is 13.8 Å². The minimum atomic E-state index is -4.50. The average molecular weight is 450 g/mol. The Kier molecular flexibility index (Phi) is 5.55. The minimum absolute atomic E-state index is 0.0598. The molecule has 1 atom stereocenters. The molecule has 0 aromatic carbocycles. The van der Waals surface area contributed by atoms with E-state index in [1.54, 1.807) is 0 Å². The molecule has 4 rings (SSSR count). The molecule has 1 unspecified atom stereocenters. The van der Waals surface area contributed by atoms with Crippen molar-refractivity contribution >= 4 is 29.2 Å². The number of nitrogens with zero attached hydrogens (tertiary/aromatic N) is 5. The summed E-state index contributed by atoms with van der Waals surface area (Å²) in [7, 11) is 1.85. The monoisotopic (exact) mass is 450 g/mol.